The average Bonchev–Trinajstić information content (AvgIpc) is 3.83. The number of nitriles is 1. The van der Waals surface area contributed by atoms with Gasteiger partial charge >= 0.3 is 6.18 Å². The number of carbonyl (C=O) groups excluding carboxylic acids is 2. The summed E-state index contributed by atoms with van der Waals surface area (Å²) >= 11 is 9.56. The summed E-state index contributed by atoms with van der Waals surface area (Å²) in [6.07, 6.45) is -2.85. The smallest absolute Gasteiger partial charge is 0.422 e. The van der Waals surface area contributed by atoms with Gasteiger partial charge in [-0.3, -0.25) is 9.59 Å². The number of hydrogen-bond acceptors (Lipinski definition) is 6. The summed E-state index contributed by atoms with van der Waals surface area (Å²) in [5, 5.41) is 10.6. The summed E-state index contributed by atoms with van der Waals surface area (Å²) in [5.41, 5.74) is -1.16. The van der Waals surface area contributed by atoms with E-state index >= 15 is 0 Å². The van der Waals surface area contributed by atoms with Crippen molar-refractivity contribution in [1.82, 2.24) is 10.2 Å². The number of rotatable bonds is 8. The quantitative estimate of drug-likeness (QED) is 0.435. The first-order valence-corrected chi connectivity index (χ1v) is 15.4. The van der Waals surface area contributed by atoms with E-state index in [4.69, 9.17) is 11.6 Å². The van der Waals surface area contributed by atoms with Gasteiger partial charge in [-0.1, -0.05) is 39.7 Å². The number of benzene rings is 2. The molecule has 0 radical (unpaired) electrons. The number of nitrogens with zero attached hydrogens (tertiary/aromatic N) is 2. The van der Waals surface area contributed by atoms with Crippen LogP contribution in [0.15, 0.2) is 51.8 Å². The molecule has 218 valence electrons. The van der Waals surface area contributed by atoms with E-state index in [0.717, 1.165) is 28.2 Å². The van der Waals surface area contributed by atoms with Gasteiger partial charge in [0.1, 0.15) is 17.3 Å². The van der Waals surface area contributed by atoms with Crippen LogP contribution in [-0.4, -0.2) is 61.3 Å². The van der Waals surface area contributed by atoms with E-state index in [9.17, 15) is 36.4 Å². The highest BCUT2D eigenvalue weighted by Crippen LogP contribution is 2.51. The molecule has 2 saturated carbocycles. The highest BCUT2D eigenvalue weighted by atomic mass is 79.9. The second-order valence-electron chi connectivity index (χ2n) is 10.6. The van der Waals surface area contributed by atoms with Gasteiger partial charge in [-0.2, -0.15) is 18.4 Å². The first-order valence-electron chi connectivity index (χ1n) is 12.7. The summed E-state index contributed by atoms with van der Waals surface area (Å²) in [6, 6.07) is 11.3. The number of sulfone groups is 1. The van der Waals surface area contributed by atoms with E-state index in [1.807, 2.05) is 12.1 Å². The van der Waals surface area contributed by atoms with E-state index in [2.05, 4.69) is 32.1 Å². The van der Waals surface area contributed by atoms with Gasteiger partial charge in [-0.25, -0.2) is 8.42 Å². The Hall–Kier alpha value is -2.82. The van der Waals surface area contributed by atoms with Gasteiger partial charge in [0.15, 0.2) is 16.4 Å². The molecule has 2 amide bonds. The molecule has 2 unspecified atom stereocenters. The lowest BCUT2D eigenvalue weighted by Crippen LogP contribution is -2.51. The van der Waals surface area contributed by atoms with E-state index in [1.165, 1.54) is 4.90 Å². The third kappa shape index (κ3) is 5.92. The largest absolute Gasteiger partial charge is 0.484 e. The lowest BCUT2D eigenvalue weighted by atomic mass is 9.94. The van der Waals surface area contributed by atoms with Crippen LogP contribution in [0.2, 0.25) is 5.02 Å². The van der Waals surface area contributed by atoms with Gasteiger partial charge in [-0.05, 0) is 61.9 Å². The second kappa shape index (κ2) is 10.5. The van der Waals surface area contributed by atoms with Crippen LogP contribution in [0.5, 0.6) is 5.75 Å². The van der Waals surface area contributed by atoms with E-state index in [1.54, 1.807) is 12.1 Å². The van der Waals surface area contributed by atoms with Crippen molar-refractivity contribution < 1.29 is 35.9 Å². The van der Waals surface area contributed by atoms with Crippen LogP contribution in [0.4, 0.5) is 13.2 Å². The van der Waals surface area contributed by atoms with Crippen molar-refractivity contribution >= 4 is 49.2 Å². The Morgan fingerprint density at radius 1 is 1.15 bits per heavy atom. The zero-order chi connectivity index (χ0) is 29.8. The van der Waals surface area contributed by atoms with Gasteiger partial charge in [0, 0.05) is 17.1 Å². The van der Waals surface area contributed by atoms with Crippen molar-refractivity contribution in [3.05, 3.63) is 57.5 Å². The summed E-state index contributed by atoms with van der Waals surface area (Å²) in [5.74, 6) is -1.24. The standard InChI is InChI=1S/C27H24BrClF3N3O5S/c28-17-3-1-16(2-4-17)26(9-10-26)24(37)35-13-19(12-21(35)23(36)34-25(14-33)7-8-25)41(38,39)22-6-5-18(11-20(22)29)40-15-27(30,31)32/h1-6,11,19,21H,7-10,12-13,15H2,(H,34,36). The van der Waals surface area contributed by atoms with Crippen molar-refractivity contribution in [3.8, 4) is 11.8 Å². The lowest BCUT2D eigenvalue weighted by molar-refractivity contribution is -0.153. The molecule has 0 spiro atoms. The topological polar surface area (TPSA) is 117 Å². The third-order valence-electron chi connectivity index (χ3n) is 7.76. The molecule has 2 aliphatic carbocycles. The summed E-state index contributed by atoms with van der Waals surface area (Å²) < 4.78 is 70.5. The molecule has 0 bridgehead atoms. The van der Waals surface area contributed by atoms with Crippen LogP contribution in [0.25, 0.3) is 0 Å². The highest BCUT2D eigenvalue weighted by molar-refractivity contribution is 9.10. The van der Waals surface area contributed by atoms with Gasteiger partial charge in [0.25, 0.3) is 0 Å². The number of hydrogen-bond donors (Lipinski definition) is 1. The Bertz CT molecular complexity index is 1540. The van der Waals surface area contributed by atoms with E-state index in [-0.39, 0.29) is 34.5 Å². The number of halogens is 5. The van der Waals surface area contributed by atoms with Crippen molar-refractivity contribution in [2.75, 3.05) is 13.2 Å². The molecule has 1 saturated heterocycles. The number of likely N-dealkylation sites (tertiary alicyclic amines) is 1. The maximum atomic E-state index is 14.0. The molecule has 3 aliphatic rings. The first-order chi connectivity index (χ1) is 19.2. The monoisotopic (exact) mass is 673 g/mol. The minimum Gasteiger partial charge on any atom is -0.484 e. The average molecular weight is 675 g/mol. The SMILES string of the molecule is N#CC1(NC(=O)C2CC(S(=O)(=O)c3ccc(OCC(F)(F)F)cc3Cl)CN2C(=O)C2(c3ccc(Br)cc3)CC2)CC1. The molecular weight excluding hydrogens is 651 g/mol. The highest BCUT2D eigenvalue weighted by Gasteiger charge is 2.58. The fourth-order valence-electron chi connectivity index (χ4n) is 5.15. The minimum atomic E-state index is -4.59. The molecule has 41 heavy (non-hydrogen) atoms. The van der Waals surface area contributed by atoms with Crippen LogP contribution < -0.4 is 10.1 Å². The molecule has 1 N–H and O–H groups in total. The molecule has 2 aromatic rings. The van der Waals surface area contributed by atoms with Crippen molar-refractivity contribution in [2.24, 2.45) is 0 Å². The van der Waals surface area contributed by atoms with Gasteiger partial charge in [-0.15, -0.1) is 0 Å². The lowest BCUT2D eigenvalue weighted by Gasteiger charge is -2.29. The Labute approximate surface area is 247 Å². The molecule has 1 heterocycles. The second-order valence-corrected chi connectivity index (χ2v) is 14.2. The van der Waals surface area contributed by atoms with Gasteiger partial charge in [0.2, 0.25) is 11.8 Å². The van der Waals surface area contributed by atoms with Gasteiger partial charge in [0.05, 0.1) is 26.7 Å². The van der Waals surface area contributed by atoms with Crippen molar-refractivity contribution in [1.29, 1.82) is 5.26 Å². The maximum Gasteiger partial charge on any atom is 0.422 e. The number of amides is 2. The molecule has 1 aliphatic heterocycles. The predicted molar refractivity (Wildman–Crippen MR) is 145 cm³/mol. The van der Waals surface area contributed by atoms with Crippen LogP contribution in [0.1, 0.15) is 37.7 Å². The minimum absolute atomic E-state index is 0.236. The number of ether oxygens (including phenoxy) is 1. The zero-order valence-electron chi connectivity index (χ0n) is 21.4. The molecule has 2 aromatic carbocycles. The summed E-state index contributed by atoms with van der Waals surface area (Å²) in [4.78, 5) is 28.3. The zero-order valence-corrected chi connectivity index (χ0v) is 24.5. The number of carbonyl (C=O) groups is 2. The molecule has 3 fully saturated rings. The molecule has 14 heteroatoms. The van der Waals surface area contributed by atoms with Crippen LogP contribution >= 0.6 is 27.5 Å². The molecule has 8 nitrogen and oxygen atoms in total. The van der Waals surface area contributed by atoms with Crippen molar-refractivity contribution in [2.45, 2.75) is 65.4 Å². The summed E-state index contributed by atoms with van der Waals surface area (Å²) in [7, 11) is -4.25. The van der Waals surface area contributed by atoms with Crippen LogP contribution in [0.3, 0.4) is 0 Å². The number of nitrogens with one attached hydrogen (secondary N) is 1. The molecule has 0 aromatic heterocycles. The fourth-order valence-corrected chi connectivity index (χ4v) is 7.64. The third-order valence-corrected chi connectivity index (χ3v) is 10.9. The fraction of sp³-hybridized carbons (Fsp3) is 0.444. The molecule has 5 rings (SSSR count). The van der Waals surface area contributed by atoms with E-state index in [0.29, 0.717) is 25.7 Å². The van der Waals surface area contributed by atoms with Crippen molar-refractivity contribution in [3.63, 3.8) is 0 Å². The Balaban J connectivity index is 1.43. The van der Waals surface area contributed by atoms with Gasteiger partial charge < -0.3 is 15.0 Å². The first kappa shape index (κ1) is 29.7. The number of alkyl halides is 3. The summed E-state index contributed by atoms with van der Waals surface area (Å²) in [6.45, 7) is -1.87. The maximum absolute atomic E-state index is 14.0. The normalized spacial score (nSPS) is 22.5. The molecular formula is C27H24BrClF3N3O5S. The van der Waals surface area contributed by atoms with E-state index < -0.39 is 50.8 Å². The Kier molecular flexibility index (Phi) is 7.58. The van der Waals surface area contributed by atoms with Crippen LogP contribution in [0, 0.1) is 11.3 Å². The Morgan fingerprint density at radius 3 is 2.34 bits per heavy atom. The van der Waals surface area contributed by atoms with Crippen LogP contribution in [-0.2, 0) is 24.8 Å². The predicted octanol–water partition coefficient (Wildman–Crippen LogP) is 4.69. The Morgan fingerprint density at radius 2 is 1.80 bits per heavy atom. The molecule has 2 atom stereocenters.